The molecule has 0 spiro atoms. The molecule has 3 rings (SSSR count). The second-order valence-corrected chi connectivity index (χ2v) is 11.3. The van der Waals surface area contributed by atoms with Crippen LogP contribution in [0.1, 0.15) is 46.1 Å². The Labute approximate surface area is 209 Å². The number of aromatic nitrogens is 1. The molecule has 0 radical (unpaired) electrons. The van der Waals surface area contributed by atoms with Crippen LogP contribution in [0, 0.1) is 0 Å². The monoisotopic (exact) mass is 529 g/mol. The lowest BCUT2D eigenvalue weighted by atomic mass is 9.99. The minimum absolute atomic E-state index is 0.280. The summed E-state index contributed by atoms with van der Waals surface area (Å²) in [6.45, 7) is 10.8. The summed E-state index contributed by atoms with van der Waals surface area (Å²) in [4.78, 5) is 20.5. The van der Waals surface area contributed by atoms with E-state index in [2.05, 4.69) is 9.17 Å². The number of alkyl halides is 3. The number of carbonyl (C=O) groups excluding carboxylic acids is 1. The predicted molar refractivity (Wildman–Crippen MR) is 129 cm³/mol. The zero-order valence-corrected chi connectivity index (χ0v) is 21.6. The molecule has 0 N–H and O–H groups in total. The normalized spacial score (nSPS) is 15.2. The Hall–Kier alpha value is -3.02. The molecule has 0 aliphatic carbocycles. The fraction of sp³-hybridized carbons (Fsp3) is 0.500. The van der Waals surface area contributed by atoms with Gasteiger partial charge in [0.2, 0.25) is 0 Å². The van der Waals surface area contributed by atoms with Crippen LogP contribution in [-0.4, -0.2) is 61.7 Å². The maximum atomic E-state index is 12.9. The lowest BCUT2D eigenvalue weighted by molar-refractivity contribution is -0.0500. The minimum atomic E-state index is -5.83. The van der Waals surface area contributed by atoms with Crippen LogP contribution in [0.4, 0.5) is 23.8 Å². The maximum absolute atomic E-state index is 12.9. The van der Waals surface area contributed by atoms with Crippen molar-refractivity contribution in [2.24, 2.45) is 0 Å². The van der Waals surface area contributed by atoms with Gasteiger partial charge in [-0.15, -0.1) is 0 Å². The highest BCUT2D eigenvalue weighted by Gasteiger charge is 2.48. The zero-order chi connectivity index (χ0) is 26.9. The van der Waals surface area contributed by atoms with Crippen LogP contribution in [0.25, 0.3) is 11.3 Å². The van der Waals surface area contributed by atoms with E-state index < -0.39 is 27.0 Å². The number of pyridine rings is 1. The lowest BCUT2D eigenvalue weighted by Crippen LogP contribution is -2.50. The van der Waals surface area contributed by atoms with Crippen LogP contribution in [0.2, 0.25) is 0 Å². The van der Waals surface area contributed by atoms with E-state index in [9.17, 15) is 26.4 Å². The van der Waals surface area contributed by atoms with E-state index in [0.29, 0.717) is 48.8 Å². The van der Waals surface area contributed by atoms with Crippen molar-refractivity contribution < 1.29 is 35.3 Å². The van der Waals surface area contributed by atoms with Gasteiger partial charge in [0.05, 0.1) is 5.69 Å². The number of hydrogen-bond acceptors (Lipinski definition) is 7. The number of hydrogen-bond donors (Lipinski definition) is 0. The first kappa shape index (κ1) is 27.6. The molecular weight excluding hydrogens is 499 g/mol. The van der Waals surface area contributed by atoms with Crippen LogP contribution in [0.15, 0.2) is 36.4 Å². The van der Waals surface area contributed by atoms with Crippen molar-refractivity contribution in [3.05, 3.63) is 42.0 Å². The van der Waals surface area contributed by atoms with E-state index in [0.717, 1.165) is 0 Å². The van der Waals surface area contributed by atoms with E-state index in [1.807, 2.05) is 4.90 Å². The van der Waals surface area contributed by atoms with Crippen molar-refractivity contribution >= 4 is 22.0 Å². The van der Waals surface area contributed by atoms with E-state index >= 15 is 0 Å². The molecule has 36 heavy (non-hydrogen) atoms. The quantitative estimate of drug-likeness (QED) is 0.391. The summed E-state index contributed by atoms with van der Waals surface area (Å²) in [5.41, 5.74) is -4.97. The molecule has 1 fully saturated rings. The van der Waals surface area contributed by atoms with Gasteiger partial charge in [-0.05, 0) is 50.5 Å². The largest absolute Gasteiger partial charge is 0.534 e. The number of benzene rings is 1. The molecule has 12 heteroatoms. The highest BCUT2D eigenvalue weighted by molar-refractivity contribution is 7.88. The van der Waals surface area contributed by atoms with Gasteiger partial charge >= 0.3 is 21.7 Å². The summed E-state index contributed by atoms with van der Waals surface area (Å²) in [7, 11) is -5.83. The second-order valence-electron chi connectivity index (χ2n) is 9.73. The van der Waals surface area contributed by atoms with Crippen LogP contribution < -0.4 is 9.08 Å². The fourth-order valence-corrected chi connectivity index (χ4v) is 4.09. The van der Waals surface area contributed by atoms with E-state index in [-0.39, 0.29) is 12.0 Å². The van der Waals surface area contributed by atoms with Gasteiger partial charge in [0.25, 0.3) is 0 Å². The minimum Gasteiger partial charge on any atom is -0.444 e. The van der Waals surface area contributed by atoms with Crippen molar-refractivity contribution in [2.75, 3.05) is 31.1 Å². The zero-order valence-electron chi connectivity index (χ0n) is 20.8. The lowest BCUT2D eigenvalue weighted by Gasteiger charge is -2.36. The molecule has 2 aromatic rings. The van der Waals surface area contributed by atoms with Gasteiger partial charge in [-0.25, -0.2) is 9.78 Å². The Balaban J connectivity index is 1.82. The van der Waals surface area contributed by atoms with Crippen molar-refractivity contribution in [2.45, 2.75) is 51.6 Å². The van der Waals surface area contributed by atoms with Crippen LogP contribution in [0.3, 0.4) is 0 Å². The summed E-state index contributed by atoms with van der Waals surface area (Å²) < 4.78 is 72.0. The topological polar surface area (TPSA) is 89.0 Å². The number of anilines is 1. The number of amides is 1. The molecule has 0 saturated carbocycles. The third kappa shape index (κ3) is 6.59. The first-order valence-electron chi connectivity index (χ1n) is 11.4. The molecular formula is C24H30F3N3O5S. The number of halogens is 3. The van der Waals surface area contributed by atoms with Crippen molar-refractivity contribution in [1.29, 1.82) is 0 Å². The maximum Gasteiger partial charge on any atom is 0.534 e. The molecule has 0 unspecified atom stereocenters. The first-order chi connectivity index (χ1) is 16.6. The number of nitrogens with zero attached hydrogens (tertiary/aromatic N) is 3. The smallest absolute Gasteiger partial charge is 0.444 e. The van der Waals surface area contributed by atoms with Crippen LogP contribution >= 0.6 is 0 Å². The molecule has 0 atom stereocenters. The standard InChI is InChI=1S/C24H30F3N3O5S/c1-16(2)18-10-9-17(15-20(18)35-36(32,33)24(25,26)27)19-7-6-8-21(28-19)29-11-13-30(14-12-29)22(31)34-23(3,4)5/h6-10,15-16H,11-14H2,1-5H3. The van der Waals surface area contributed by atoms with Gasteiger partial charge in [-0.3, -0.25) is 0 Å². The Kier molecular flexibility index (Phi) is 7.77. The second kappa shape index (κ2) is 10.2. The van der Waals surface area contributed by atoms with Gasteiger partial charge < -0.3 is 18.7 Å². The first-order valence-corrected chi connectivity index (χ1v) is 12.8. The Bertz CT molecular complexity index is 1200. The Morgan fingerprint density at radius 2 is 1.67 bits per heavy atom. The highest BCUT2D eigenvalue weighted by Crippen LogP contribution is 2.35. The summed E-state index contributed by atoms with van der Waals surface area (Å²) in [5.74, 6) is -0.0503. The number of rotatable bonds is 5. The van der Waals surface area contributed by atoms with Crippen LogP contribution in [0.5, 0.6) is 5.75 Å². The Morgan fingerprint density at radius 3 is 2.22 bits per heavy atom. The average Bonchev–Trinajstić information content (AvgIpc) is 2.77. The number of piperazine rings is 1. The molecule has 1 amide bonds. The molecule has 1 aromatic heterocycles. The fourth-order valence-electron chi connectivity index (χ4n) is 3.61. The molecule has 1 aliphatic heterocycles. The van der Waals surface area contributed by atoms with Crippen molar-refractivity contribution in [3.8, 4) is 17.0 Å². The molecule has 8 nitrogen and oxygen atoms in total. The summed E-state index contributed by atoms with van der Waals surface area (Å²) >= 11 is 0. The summed E-state index contributed by atoms with van der Waals surface area (Å²) in [6.07, 6.45) is -0.379. The highest BCUT2D eigenvalue weighted by atomic mass is 32.2. The molecule has 1 saturated heterocycles. The summed E-state index contributed by atoms with van der Waals surface area (Å²) in [5, 5.41) is 0. The van der Waals surface area contributed by atoms with Crippen molar-refractivity contribution in [3.63, 3.8) is 0 Å². The SMILES string of the molecule is CC(C)c1ccc(-c2cccc(N3CCN(C(=O)OC(C)(C)C)CC3)n2)cc1OS(=O)(=O)C(F)(F)F. The molecule has 2 heterocycles. The third-order valence-electron chi connectivity index (χ3n) is 5.40. The Morgan fingerprint density at radius 1 is 1.03 bits per heavy atom. The van der Waals surface area contributed by atoms with E-state index in [1.165, 1.54) is 12.1 Å². The summed E-state index contributed by atoms with van der Waals surface area (Å²) in [6, 6.07) is 9.67. The van der Waals surface area contributed by atoms with Gasteiger partial charge in [0.15, 0.2) is 0 Å². The number of carbonyl (C=O) groups is 1. The van der Waals surface area contributed by atoms with Crippen LogP contribution in [-0.2, 0) is 14.9 Å². The van der Waals surface area contributed by atoms with Gasteiger partial charge in [0, 0.05) is 31.7 Å². The van der Waals surface area contributed by atoms with E-state index in [4.69, 9.17) is 4.74 Å². The molecule has 1 aromatic carbocycles. The van der Waals surface area contributed by atoms with Gasteiger partial charge in [0.1, 0.15) is 17.2 Å². The molecule has 0 bridgehead atoms. The van der Waals surface area contributed by atoms with E-state index in [1.54, 1.807) is 63.8 Å². The van der Waals surface area contributed by atoms with Crippen molar-refractivity contribution in [1.82, 2.24) is 9.88 Å². The molecule has 1 aliphatic rings. The average molecular weight is 530 g/mol. The molecule has 198 valence electrons. The third-order valence-corrected chi connectivity index (χ3v) is 6.37. The predicted octanol–water partition coefficient (Wildman–Crippen LogP) is 5.16. The van der Waals surface area contributed by atoms with Gasteiger partial charge in [-0.2, -0.15) is 21.6 Å². The number of ether oxygens (including phenoxy) is 1. The van der Waals surface area contributed by atoms with Gasteiger partial charge in [-0.1, -0.05) is 32.0 Å².